The van der Waals surface area contributed by atoms with Crippen LogP contribution in [-0.2, 0) is 13.0 Å². The lowest BCUT2D eigenvalue weighted by Crippen LogP contribution is -2.23. The van der Waals surface area contributed by atoms with E-state index < -0.39 is 0 Å². The molecule has 0 aliphatic rings. The van der Waals surface area contributed by atoms with Crippen molar-refractivity contribution in [3.8, 4) is 11.4 Å². The van der Waals surface area contributed by atoms with E-state index in [0.29, 0.717) is 5.82 Å². The maximum absolute atomic E-state index is 5.36. The van der Waals surface area contributed by atoms with Crippen molar-refractivity contribution in [2.24, 2.45) is 0 Å². The molecule has 5 heteroatoms. The Morgan fingerprint density at radius 1 is 1.13 bits per heavy atom. The third-order valence-corrected chi connectivity index (χ3v) is 4.63. The van der Waals surface area contributed by atoms with Gasteiger partial charge in [0.05, 0.1) is 0 Å². The smallest absolute Gasteiger partial charge is 0.227 e. The first-order valence-electron chi connectivity index (χ1n) is 7.98. The zero-order valence-electron chi connectivity index (χ0n) is 13.3. The molecule has 0 spiro atoms. The van der Waals surface area contributed by atoms with Crippen molar-refractivity contribution in [2.75, 3.05) is 13.1 Å². The zero-order chi connectivity index (χ0) is 15.9. The highest BCUT2D eigenvalue weighted by Crippen LogP contribution is 2.16. The van der Waals surface area contributed by atoms with E-state index >= 15 is 0 Å². The van der Waals surface area contributed by atoms with E-state index in [0.717, 1.165) is 43.9 Å². The van der Waals surface area contributed by atoms with Crippen LogP contribution in [0.15, 0.2) is 52.4 Å². The van der Waals surface area contributed by atoms with Crippen LogP contribution in [0.5, 0.6) is 0 Å². The number of benzene rings is 1. The Kier molecular flexibility index (Phi) is 5.56. The summed E-state index contributed by atoms with van der Waals surface area (Å²) in [4.78, 5) is 8.34. The fraction of sp³-hybridized carbons (Fsp3) is 0.333. The van der Waals surface area contributed by atoms with Crippen molar-refractivity contribution in [3.05, 3.63) is 58.6 Å². The van der Waals surface area contributed by atoms with E-state index in [9.17, 15) is 0 Å². The minimum absolute atomic E-state index is 0.673. The molecule has 1 aromatic carbocycles. The Bertz CT molecular complexity index is 694. The molecule has 0 amide bonds. The molecule has 0 aliphatic carbocycles. The van der Waals surface area contributed by atoms with Gasteiger partial charge in [-0.1, -0.05) is 48.5 Å². The summed E-state index contributed by atoms with van der Waals surface area (Å²) < 4.78 is 5.36. The summed E-state index contributed by atoms with van der Waals surface area (Å²) in [6.45, 7) is 5.32. The van der Waals surface area contributed by atoms with Crippen molar-refractivity contribution < 1.29 is 4.52 Å². The summed E-state index contributed by atoms with van der Waals surface area (Å²) in [5.41, 5.74) is 0.996. The molecule has 0 fully saturated rings. The van der Waals surface area contributed by atoms with Gasteiger partial charge < -0.3 is 4.52 Å². The second-order valence-corrected chi connectivity index (χ2v) is 6.46. The predicted molar refractivity (Wildman–Crippen MR) is 93.3 cm³/mol. The summed E-state index contributed by atoms with van der Waals surface area (Å²) >= 11 is 1.81. The largest absolute Gasteiger partial charge is 0.339 e. The van der Waals surface area contributed by atoms with Crippen molar-refractivity contribution >= 4 is 11.3 Å². The molecule has 0 N–H and O–H groups in total. The van der Waals surface area contributed by atoms with Gasteiger partial charge in [0.2, 0.25) is 11.7 Å². The third-order valence-electron chi connectivity index (χ3n) is 3.77. The Labute approximate surface area is 140 Å². The first-order chi connectivity index (χ1) is 11.3. The molecule has 0 saturated heterocycles. The molecule has 3 aromatic rings. The number of aromatic nitrogens is 2. The molecule has 120 valence electrons. The van der Waals surface area contributed by atoms with E-state index in [4.69, 9.17) is 4.52 Å². The fourth-order valence-electron chi connectivity index (χ4n) is 2.49. The normalized spacial score (nSPS) is 11.2. The van der Waals surface area contributed by atoms with Gasteiger partial charge >= 0.3 is 0 Å². The van der Waals surface area contributed by atoms with E-state index in [1.807, 2.05) is 41.7 Å². The summed E-state index contributed by atoms with van der Waals surface area (Å²) in [7, 11) is 0. The predicted octanol–water partition coefficient (Wildman–Crippen LogP) is 4.25. The lowest BCUT2D eigenvalue weighted by atomic mass is 10.2. The van der Waals surface area contributed by atoms with Gasteiger partial charge in [0.25, 0.3) is 0 Å². The van der Waals surface area contributed by atoms with Gasteiger partial charge in [-0.05, 0) is 31.0 Å². The van der Waals surface area contributed by atoms with E-state index in [2.05, 4.69) is 39.5 Å². The fourth-order valence-corrected chi connectivity index (χ4v) is 3.23. The molecule has 0 unspecified atom stereocenters. The molecule has 2 heterocycles. The van der Waals surface area contributed by atoms with Crippen molar-refractivity contribution in [1.29, 1.82) is 0 Å². The van der Waals surface area contributed by atoms with Crippen LogP contribution in [0, 0.1) is 0 Å². The summed E-state index contributed by atoms with van der Waals surface area (Å²) in [6, 6.07) is 14.2. The summed E-state index contributed by atoms with van der Waals surface area (Å²) in [6.07, 6.45) is 1.84. The summed E-state index contributed by atoms with van der Waals surface area (Å²) in [5.74, 6) is 1.39. The number of hydrogen-bond donors (Lipinski definition) is 0. The lowest BCUT2D eigenvalue weighted by molar-refractivity contribution is 0.272. The first kappa shape index (κ1) is 15.9. The number of thiophene rings is 1. The molecule has 0 saturated carbocycles. The first-order valence-corrected chi connectivity index (χ1v) is 8.86. The molecular weight excluding hydrogens is 306 g/mol. The van der Waals surface area contributed by atoms with Crippen LogP contribution in [-0.4, -0.2) is 28.1 Å². The zero-order valence-corrected chi connectivity index (χ0v) is 14.1. The average molecular weight is 327 g/mol. The highest BCUT2D eigenvalue weighted by molar-refractivity contribution is 7.09. The molecule has 0 atom stereocenters. The second-order valence-electron chi connectivity index (χ2n) is 5.43. The number of hydrogen-bond acceptors (Lipinski definition) is 5. The quantitative estimate of drug-likeness (QED) is 0.620. The molecule has 2 aromatic heterocycles. The standard InChI is InChI=1S/C18H21N3OS/c1-2-21(14-16-10-7-13-23-16)12-6-11-17-19-18(20-22-17)15-8-4-3-5-9-15/h3-5,7-10,13H,2,6,11-12,14H2,1H3. The molecular formula is C18H21N3OS. The van der Waals surface area contributed by atoms with Gasteiger partial charge in [-0.2, -0.15) is 4.98 Å². The van der Waals surface area contributed by atoms with Crippen LogP contribution < -0.4 is 0 Å². The summed E-state index contributed by atoms with van der Waals surface area (Å²) in [5, 5.41) is 6.20. The molecule has 0 bridgehead atoms. The average Bonchev–Trinajstić information content (AvgIpc) is 3.26. The topological polar surface area (TPSA) is 42.2 Å². The minimum Gasteiger partial charge on any atom is -0.339 e. The van der Waals surface area contributed by atoms with Crippen LogP contribution in [0.2, 0.25) is 0 Å². The molecule has 23 heavy (non-hydrogen) atoms. The minimum atomic E-state index is 0.673. The van der Waals surface area contributed by atoms with Gasteiger partial charge in [-0.25, -0.2) is 0 Å². The van der Waals surface area contributed by atoms with E-state index in [1.165, 1.54) is 4.88 Å². The van der Waals surface area contributed by atoms with E-state index in [1.54, 1.807) is 0 Å². The Morgan fingerprint density at radius 3 is 2.74 bits per heavy atom. The maximum atomic E-state index is 5.36. The molecule has 3 rings (SSSR count). The number of aryl methyl sites for hydroxylation is 1. The van der Waals surface area contributed by atoms with Crippen molar-refractivity contribution in [1.82, 2.24) is 15.0 Å². The Hall–Kier alpha value is -1.98. The Morgan fingerprint density at radius 2 is 2.00 bits per heavy atom. The third kappa shape index (κ3) is 4.50. The van der Waals surface area contributed by atoms with Gasteiger partial charge in [0, 0.05) is 23.4 Å². The van der Waals surface area contributed by atoms with Crippen molar-refractivity contribution in [3.63, 3.8) is 0 Å². The number of rotatable bonds is 8. The second kappa shape index (κ2) is 8.04. The van der Waals surface area contributed by atoms with Crippen molar-refractivity contribution in [2.45, 2.75) is 26.3 Å². The highest BCUT2D eigenvalue weighted by atomic mass is 32.1. The van der Waals surface area contributed by atoms with Gasteiger partial charge in [-0.3, -0.25) is 4.90 Å². The SMILES string of the molecule is CCN(CCCc1nc(-c2ccccc2)no1)Cc1cccs1. The van der Waals surface area contributed by atoms with Gasteiger partial charge in [0.1, 0.15) is 0 Å². The molecule has 0 radical (unpaired) electrons. The highest BCUT2D eigenvalue weighted by Gasteiger charge is 2.09. The van der Waals surface area contributed by atoms with Crippen LogP contribution in [0.4, 0.5) is 0 Å². The monoisotopic (exact) mass is 327 g/mol. The van der Waals surface area contributed by atoms with Crippen LogP contribution in [0.25, 0.3) is 11.4 Å². The lowest BCUT2D eigenvalue weighted by Gasteiger charge is -2.18. The van der Waals surface area contributed by atoms with Gasteiger partial charge in [-0.15, -0.1) is 11.3 Å². The van der Waals surface area contributed by atoms with Gasteiger partial charge in [0.15, 0.2) is 0 Å². The van der Waals surface area contributed by atoms with Crippen LogP contribution >= 0.6 is 11.3 Å². The number of nitrogens with zero attached hydrogens (tertiary/aromatic N) is 3. The van der Waals surface area contributed by atoms with Crippen LogP contribution in [0.3, 0.4) is 0 Å². The maximum Gasteiger partial charge on any atom is 0.227 e. The van der Waals surface area contributed by atoms with Crippen LogP contribution in [0.1, 0.15) is 24.1 Å². The Balaban J connectivity index is 1.49. The molecule has 0 aliphatic heterocycles. The van der Waals surface area contributed by atoms with E-state index in [-0.39, 0.29) is 0 Å². The molecule has 4 nitrogen and oxygen atoms in total.